The van der Waals surface area contributed by atoms with E-state index >= 15 is 0 Å². The zero-order chi connectivity index (χ0) is 19.5. The first-order valence-corrected chi connectivity index (χ1v) is 10.8. The number of sulfone groups is 1. The predicted octanol–water partition coefficient (Wildman–Crippen LogP) is 2.58. The van der Waals surface area contributed by atoms with E-state index in [2.05, 4.69) is 19.2 Å². The summed E-state index contributed by atoms with van der Waals surface area (Å²) in [4.78, 5) is 24.7. The Bertz CT molecular complexity index is 757. The molecule has 144 valence electrons. The van der Waals surface area contributed by atoms with E-state index in [1.54, 1.807) is 0 Å². The van der Waals surface area contributed by atoms with Crippen LogP contribution in [0.3, 0.4) is 0 Å². The highest BCUT2D eigenvalue weighted by atomic mass is 32.2. The molecule has 0 bridgehead atoms. The topological polar surface area (TPSA) is 89.5 Å². The van der Waals surface area contributed by atoms with Gasteiger partial charge in [-0.2, -0.15) is 0 Å². The second-order valence-electron chi connectivity index (χ2n) is 7.23. The molecule has 1 aliphatic rings. The van der Waals surface area contributed by atoms with Gasteiger partial charge in [0.25, 0.3) is 5.91 Å². The van der Waals surface area contributed by atoms with Crippen molar-refractivity contribution in [2.75, 3.05) is 6.26 Å². The molecular weight excluding hydrogens is 354 g/mol. The lowest BCUT2D eigenvalue weighted by molar-refractivity contribution is -0.130. The van der Waals surface area contributed by atoms with Crippen LogP contribution in [-0.2, 0) is 19.4 Å². The Morgan fingerprint density at radius 2 is 1.77 bits per heavy atom. The van der Waals surface area contributed by atoms with Crippen LogP contribution in [-0.4, -0.2) is 38.7 Å². The zero-order valence-corrected chi connectivity index (χ0v) is 16.5. The first-order chi connectivity index (χ1) is 12.1. The molecule has 0 saturated heterocycles. The van der Waals surface area contributed by atoms with Crippen molar-refractivity contribution in [2.24, 2.45) is 11.8 Å². The Hall–Kier alpha value is -1.89. The number of nitrogens with one attached hydrogen (secondary N) is 1. The number of ether oxygens (including phenoxy) is 1. The van der Waals surface area contributed by atoms with Gasteiger partial charge in [-0.25, -0.2) is 13.2 Å². The molecule has 0 spiro atoms. The smallest absolute Gasteiger partial charge is 0.338 e. The molecule has 0 aliphatic heterocycles. The van der Waals surface area contributed by atoms with E-state index in [4.69, 9.17) is 4.74 Å². The number of benzene rings is 1. The SMILES string of the molecule is C[C@H]1[C@@H](NC(=O)[C@@H](C)OC(=O)c2ccc(S(C)(=O)=O)cc2)CCC[C@@H]1C. The van der Waals surface area contributed by atoms with E-state index in [9.17, 15) is 18.0 Å². The summed E-state index contributed by atoms with van der Waals surface area (Å²) in [5.74, 6) is -0.0192. The largest absolute Gasteiger partial charge is 0.449 e. The Morgan fingerprint density at radius 3 is 2.35 bits per heavy atom. The average molecular weight is 381 g/mol. The third-order valence-corrected chi connectivity index (χ3v) is 6.33. The molecule has 1 aromatic carbocycles. The molecule has 1 aliphatic carbocycles. The van der Waals surface area contributed by atoms with Gasteiger partial charge in [0.05, 0.1) is 10.5 Å². The van der Waals surface area contributed by atoms with Gasteiger partial charge in [-0.15, -0.1) is 0 Å². The Kier molecular flexibility index (Phi) is 6.44. The van der Waals surface area contributed by atoms with Crippen LogP contribution in [0.2, 0.25) is 0 Å². The second kappa shape index (κ2) is 8.20. The molecule has 0 unspecified atom stereocenters. The lowest BCUT2D eigenvalue weighted by Gasteiger charge is -2.35. The first-order valence-electron chi connectivity index (χ1n) is 8.91. The summed E-state index contributed by atoms with van der Waals surface area (Å²) in [6.07, 6.45) is 3.37. The minimum absolute atomic E-state index is 0.0986. The summed E-state index contributed by atoms with van der Waals surface area (Å²) in [7, 11) is -3.32. The van der Waals surface area contributed by atoms with Crippen LogP contribution in [0.5, 0.6) is 0 Å². The maximum Gasteiger partial charge on any atom is 0.338 e. The van der Waals surface area contributed by atoms with Gasteiger partial charge in [0.1, 0.15) is 0 Å². The van der Waals surface area contributed by atoms with Crippen molar-refractivity contribution < 1.29 is 22.7 Å². The molecule has 26 heavy (non-hydrogen) atoms. The molecule has 1 saturated carbocycles. The monoisotopic (exact) mass is 381 g/mol. The standard InChI is InChI=1S/C19H27NO5S/c1-12-6-5-7-17(13(12)2)20-18(21)14(3)25-19(22)15-8-10-16(11-9-15)26(4,23)24/h8-14,17H,5-7H2,1-4H3,(H,20,21)/t12-,13+,14+,17-/m0/s1. The fourth-order valence-electron chi connectivity index (χ4n) is 3.21. The fraction of sp³-hybridized carbons (Fsp3) is 0.579. The van der Waals surface area contributed by atoms with Crippen molar-refractivity contribution in [3.05, 3.63) is 29.8 Å². The molecule has 6 nitrogen and oxygen atoms in total. The van der Waals surface area contributed by atoms with Gasteiger partial charge in [0, 0.05) is 12.3 Å². The van der Waals surface area contributed by atoms with Crippen molar-refractivity contribution >= 4 is 21.7 Å². The van der Waals surface area contributed by atoms with Crippen LogP contribution in [0.25, 0.3) is 0 Å². The highest BCUT2D eigenvalue weighted by Gasteiger charge is 2.30. The van der Waals surface area contributed by atoms with E-state index in [-0.39, 0.29) is 22.4 Å². The van der Waals surface area contributed by atoms with Crippen molar-refractivity contribution in [1.82, 2.24) is 5.32 Å². The molecule has 7 heteroatoms. The number of hydrogen-bond donors (Lipinski definition) is 1. The fourth-order valence-corrected chi connectivity index (χ4v) is 3.84. The number of esters is 1. The summed E-state index contributed by atoms with van der Waals surface area (Å²) in [5.41, 5.74) is 0.205. The number of carbonyl (C=O) groups is 2. The molecule has 0 aromatic heterocycles. The van der Waals surface area contributed by atoms with Crippen LogP contribution in [0, 0.1) is 11.8 Å². The third-order valence-electron chi connectivity index (χ3n) is 5.21. The molecular formula is C19H27NO5S. The molecule has 1 N–H and O–H groups in total. The molecule has 1 aromatic rings. The Labute approximate surface area is 155 Å². The van der Waals surface area contributed by atoms with Crippen LogP contribution in [0.1, 0.15) is 50.4 Å². The highest BCUT2D eigenvalue weighted by Crippen LogP contribution is 2.29. The molecule has 0 heterocycles. The highest BCUT2D eigenvalue weighted by molar-refractivity contribution is 7.90. The third kappa shape index (κ3) is 5.06. The summed E-state index contributed by atoms with van der Waals surface area (Å²) in [5, 5.41) is 2.99. The summed E-state index contributed by atoms with van der Waals surface area (Å²) >= 11 is 0. The summed E-state index contributed by atoms with van der Waals surface area (Å²) in [6.45, 7) is 5.86. The van der Waals surface area contributed by atoms with Crippen LogP contribution < -0.4 is 5.32 Å². The van der Waals surface area contributed by atoms with Gasteiger partial charge in [0.2, 0.25) is 0 Å². The lowest BCUT2D eigenvalue weighted by atomic mass is 9.78. The van der Waals surface area contributed by atoms with Crippen LogP contribution in [0.15, 0.2) is 29.2 Å². The van der Waals surface area contributed by atoms with E-state index in [0.29, 0.717) is 11.8 Å². The molecule has 1 fully saturated rings. The predicted molar refractivity (Wildman–Crippen MR) is 98.5 cm³/mol. The number of hydrogen-bond acceptors (Lipinski definition) is 5. The van der Waals surface area contributed by atoms with E-state index in [1.165, 1.54) is 37.6 Å². The quantitative estimate of drug-likeness (QED) is 0.792. The first kappa shape index (κ1) is 20.4. The van der Waals surface area contributed by atoms with E-state index in [1.807, 2.05) is 0 Å². The lowest BCUT2D eigenvalue weighted by Crippen LogP contribution is -2.47. The summed E-state index contributed by atoms with van der Waals surface area (Å²) in [6, 6.07) is 5.56. The van der Waals surface area contributed by atoms with Crippen molar-refractivity contribution in [3.8, 4) is 0 Å². The molecule has 2 rings (SSSR count). The van der Waals surface area contributed by atoms with E-state index < -0.39 is 21.9 Å². The Balaban J connectivity index is 1.94. The van der Waals surface area contributed by atoms with Gasteiger partial charge in [0.15, 0.2) is 15.9 Å². The number of rotatable bonds is 5. The van der Waals surface area contributed by atoms with Crippen molar-refractivity contribution in [2.45, 2.75) is 57.1 Å². The van der Waals surface area contributed by atoms with Gasteiger partial charge in [-0.1, -0.05) is 26.7 Å². The number of carbonyl (C=O) groups excluding carboxylic acids is 2. The maximum atomic E-state index is 12.3. The van der Waals surface area contributed by atoms with Gasteiger partial charge in [-0.3, -0.25) is 4.79 Å². The number of amides is 1. The Morgan fingerprint density at radius 1 is 1.15 bits per heavy atom. The molecule has 4 atom stereocenters. The molecule has 1 amide bonds. The van der Waals surface area contributed by atoms with Gasteiger partial charge < -0.3 is 10.1 Å². The summed E-state index contributed by atoms with van der Waals surface area (Å²) < 4.78 is 28.1. The van der Waals surface area contributed by atoms with Gasteiger partial charge in [-0.05, 0) is 49.4 Å². The van der Waals surface area contributed by atoms with Crippen LogP contribution in [0.4, 0.5) is 0 Å². The maximum absolute atomic E-state index is 12.3. The van der Waals surface area contributed by atoms with Crippen molar-refractivity contribution in [3.63, 3.8) is 0 Å². The minimum atomic E-state index is -3.32. The van der Waals surface area contributed by atoms with E-state index in [0.717, 1.165) is 19.1 Å². The minimum Gasteiger partial charge on any atom is -0.449 e. The molecule has 0 radical (unpaired) electrons. The van der Waals surface area contributed by atoms with Crippen molar-refractivity contribution in [1.29, 1.82) is 0 Å². The van der Waals surface area contributed by atoms with Gasteiger partial charge >= 0.3 is 5.97 Å². The average Bonchev–Trinajstić information content (AvgIpc) is 2.58. The zero-order valence-electron chi connectivity index (χ0n) is 15.7. The second-order valence-corrected chi connectivity index (χ2v) is 9.24. The van der Waals surface area contributed by atoms with Crippen LogP contribution >= 0.6 is 0 Å². The normalized spacial score (nSPS) is 24.5.